The molecule has 2 aliphatic rings. The van der Waals surface area contributed by atoms with E-state index < -0.39 is 11.6 Å². The number of amides is 2. The average Bonchev–Trinajstić information content (AvgIpc) is 3.05. The molecule has 2 aromatic heterocycles. The van der Waals surface area contributed by atoms with E-state index in [9.17, 15) is 9.90 Å². The second-order valence-electron chi connectivity index (χ2n) is 8.62. The van der Waals surface area contributed by atoms with Gasteiger partial charge >= 0.3 is 6.03 Å². The molecule has 29 heavy (non-hydrogen) atoms. The fourth-order valence-electron chi connectivity index (χ4n) is 3.69. The molecule has 8 heteroatoms. The quantitative estimate of drug-likeness (QED) is 0.534. The molecule has 0 radical (unpaired) electrons. The summed E-state index contributed by atoms with van der Waals surface area (Å²) in [4.78, 5) is 16.1. The molecule has 6 N–H and O–H groups in total. The number of aryl methyl sites for hydroxylation is 1. The third kappa shape index (κ3) is 4.94. The summed E-state index contributed by atoms with van der Waals surface area (Å²) in [6.45, 7) is 7.83. The van der Waals surface area contributed by atoms with Crippen molar-refractivity contribution in [2.45, 2.75) is 75.0 Å². The molecule has 158 valence electrons. The molecule has 2 aromatic rings. The van der Waals surface area contributed by atoms with Crippen LogP contribution in [0.4, 0.5) is 10.5 Å². The number of nitrogens with one attached hydrogen (secondary N) is 1. The van der Waals surface area contributed by atoms with Gasteiger partial charge in [-0.3, -0.25) is 10.1 Å². The van der Waals surface area contributed by atoms with Gasteiger partial charge in [-0.15, -0.1) is 11.3 Å². The first-order chi connectivity index (χ1) is 13.5. The standard InChI is InChI=1S/C14H19N3O.C7H11NOS2/c1-8-11(17-13(15)18)9-4-3-5-10(9)16-12(8)14(2)6-7-14;1-7(2,9)5-3-6(11-8)10-4-5/h3-7H2,1-2H3,(H3,15,16,17,18);3-4,9H,8H2,1-2H3. The van der Waals surface area contributed by atoms with Crippen molar-refractivity contribution >= 4 is 35.0 Å². The van der Waals surface area contributed by atoms with Crippen LogP contribution in [0.3, 0.4) is 0 Å². The SMILES string of the molecule is CC(C)(O)c1csc(SN)c1.Cc1c(C2(C)CC2)nc2c(c1NC(N)=O)CCC2. The first-order valence-electron chi connectivity index (χ1n) is 9.82. The summed E-state index contributed by atoms with van der Waals surface area (Å²) >= 11 is 2.77. The minimum absolute atomic E-state index is 0.218. The number of carbonyl (C=O) groups excluding carboxylic acids is 1. The number of hydrogen-bond donors (Lipinski definition) is 4. The zero-order chi connectivity index (χ0) is 21.4. The lowest BCUT2D eigenvalue weighted by Gasteiger charge is -2.19. The molecule has 1 saturated carbocycles. The number of pyridine rings is 1. The fourth-order valence-corrected chi connectivity index (χ4v) is 5.04. The minimum atomic E-state index is -0.746. The Balaban J connectivity index is 0.000000188. The Labute approximate surface area is 180 Å². The molecule has 0 spiro atoms. The van der Waals surface area contributed by atoms with Crippen molar-refractivity contribution in [3.63, 3.8) is 0 Å². The number of anilines is 1. The second kappa shape index (κ2) is 8.26. The molecule has 2 heterocycles. The minimum Gasteiger partial charge on any atom is -0.386 e. The highest BCUT2D eigenvalue weighted by molar-refractivity contribution is 7.99. The van der Waals surface area contributed by atoms with Gasteiger partial charge < -0.3 is 16.2 Å². The van der Waals surface area contributed by atoms with Crippen LogP contribution in [0, 0.1) is 6.92 Å². The molecule has 4 rings (SSSR count). The number of aromatic nitrogens is 1. The molecule has 1 fully saturated rings. The van der Waals surface area contributed by atoms with Gasteiger partial charge in [-0.2, -0.15) is 0 Å². The summed E-state index contributed by atoms with van der Waals surface area (Å²) in [5.41, 5.74) is 11.2. The van der Waals surface area contributed by atoms with Crippen molar-refractivity contribution in [2.75, 3.05) is 5.32 Å². The summed E-state index contributed by atoms with van der Waals surface area (Å²) in [6, 6.07) is 1.43. The van der Waals surface area contributed by atoms with Gasteiger partial charge in [-0.1, -0.05) is 6.92 Å². The number of thiophene rings is 1. The van der Waals surface area contributed by atoms with Gasteiger partial charge in [0, 0.05) is 11.1 Å². The Morgan fingerprint density at radius 1 is 1.38 bits per heavy atom. The number of carbonyl (C=O) groups is 1. The van der Waals surface area contributed by atoms with Crippen molar-refractivity contribution in [1.29, 1.82) is 0 Å². The Kier molecular flexibility index (Phi) is 6.29. The van der Waals surface area contributed by atoms with Crippen LogP contribution in [-0.2, 0) is 23.9 Å². The van der Waals surface area contributed by atoms with Gasteiger partial charge in [0.1, 0.15) is 0 Å². The Morgan fingerprint density at radius 2 is 2.07 bits per heavy atom. The van der Waals surface area contributed by atoms with Crippen molar-refractivity contribution < 1.29 is 9.90 Å². The zero-order valence-electron chi connectivity index (χ0n) is 17.5. The van der Waals surface area contributed by atoms with Crippen LogP contribution in [0.25, 0.3) is 0 Å². The summed E-state index contributed by atoms with van der Waals surface area (Å²) < 4.78 is 1.03. The van der Waals surface area contributed by atoms with E-state index in [1.54, 1.807) is 25.2 Å². The first-order valence-corrected chi connectivity index (χ1v) is 11.6. The van der Waals surface area contributed by atoms with Crippen LogP contribution in [0.2, 0.25) is 0 Å². The van der Waals surface area contributed by atoms with Gasteiger partial charge in [0.15, 0.2) is 0 Å². The zero-order valence-corrected chi connectivity index (χ0v) is 19.1. The van der Waals surface area contributed by atoms with Crippen LogP contribution >= 0.6 is 23.3 Å². The highest BCUT2D eigenvalue weighted by Gasteiger charge is 2.43. The summed E-state index contributed by atoms with van der Waals surface area (Å²) in [5.74, 6) is 0. The topological polar surface area (TPSA) is 114 Å². The summed E-state index contributed by atoms with van der Waals surface area (Å²) in [5, 5.41) is 19.6. The highest BCUT2D eigenvalue weighted by Crippen LogP contribution is 2.50. The molecular formula is C21H30N4O2S2. The number of rotatable bonds is 4. The molecule has 0 aliphatic heterocycles. The largest absolute Gasteiger partial charge is 0.386 e. The van der Waals surface area contributed by atoms with Gasteiger partial charge in [-0.25, -0.2) is 4.79 Å². The lowest BCUT2D eigenvalue weighted by molar-refractivity contribution is 0.0789. The van der Waals surface area contributed by atoms with Crippen LogP contribution < -0.4 is 16.2 Å². The number of nitrogens with two attached hydrogens (primary N) is 2. The van der Waals surface area contributed by atoms with Crippen LogP contribution in [-0.4, -0.2) is 16.1 Å². The number of nitrogens with zero attached hydrogens (tertiary/aromatic N) is 1. The fraction of sp³-hybridized carbons (Fsp3) is 0.524. The number of primary amides is 1. The molecule has 2 aliphatic carbocycles. The first kappa shape index (κ1) is 22.1. The van der Waals surface area contributed by atoms with E-state index in [-0.39, 0.29) is 5.41 Å². The van der Waals surface area contributed by atoms with E-state index in [1.807, 2.05) is 11.4 Å². The van der Waals surface area contributed by atoms with E-state index >= 15 is 0 Å². The third-order valence-electron chi connectivity index (χ3n) is 5.69. The predicted octanol–water partition coefficient (Wildman–Crippen LogP) is 4.36. The smallest absolute Gasteiger partial charge is 0.316 e. The molecule has 0 unspecified atom stereocenters. The monoisotopic (exact) mass is 434 g/mol. The molecule has 2 amide bonds. The second-order valence-corrected chi connectivity index (χ2v) is 10.5. The van der Waals surface area contributed by atoms with Crippen molar-refractivity contribution in [1.82, 2.24) is 4.98 Å². The maximum absolute atomic E-state index is 11.2. The van der Waals surface area contributed by atoms with Gasteiger partial charge in [-0.05, 0) is 93.0 Å². The molecule has 6 nitrogen and oxygen atoms in total. The molecule has 0 atom stereocenters. The van der Waals surface area contributed by atoms with Crippen LogP contribution in [0.1, 0.15) is 68.1 Å². The predicted molar refractivity (Wildman–Crippen MR) is 120 cm³/mol. The average molecular weight is 435 g/mol. The lowest BCUT2D eigenvalue weighted by Crippen LogP contribution is -2.22. The maximum Gasteiger partial charge on any atom is 0.316 e. The van der Waals surface area contributed by atoms with E-state index in [2.05, 4.69) is 19.2 Å². The Hall–Kier alpha value is -1.61. The number of urea groups is 1. The van der Waals surface area contributed by atoms with E-state index in [0.29, 0.717) is 0 Å². The highest BCUT2D eigenvalue weighted by atomic mass is 32.2. The molecular weight excluding hydrogens is 404 g/mol. The van der Waals surface area contributed by atoms with Crippen LogP contribution in [0.15, 0.2) is 15.7 Å². The van der Waals surface area contributed by atoms with Crippen molar-refractivity contribution in [2.24, 2.45) is 10.9 Å². The van der Waals surface area contributed by atoms with E-state index in [0.717, 1.165) is 51.7 Å². The molecule has 0 saturated heterocycles. The Morgan fingerprint density at radius 3 is 2.55 bits per heavy atom. The van der Waals surface area contributed by atoms with Crippen molar-refractivity contribution in [3.05, 3.63) is 39.5 Å². The normalized spacial score (nSPS) is 16.6. The van der Waals surface area contributed by atoms with E-state index in [1.165, 1.54) is 30.4 Å². The number of hydrogen-bond acceptors (Lipinski definition) is 6. The summed E-state index contributed by atoms with van der Waals surface area (Å²) in [6.07, 6.45) is 5.52. The van der Waals surface area contributed by atoms with Crippen molar-refractivity contribution in [3.8, 4) is 0 Å². The van der Waals surface area contributed by atoms with Gasteiger partial charge in [0.05, 0.1) is 21.2 Å². The lowest BCUT2D eigenvalue weighted by atomic mass is 9.96. The van der Waals surface area contributed by atoms with Gasteiger partial charge in [0.2, 0.25) is 0 Å². The number of fused-ring (bicyclic) bond motifs is 1. The maximum atomic E-state index is 11.2. The molecule has 0 bridgehead atoms. The van der Waals surface area contributed by atoms with Gasteiger partial charge in [0.25, 0.3) is 0 Å². The molecule has 0 aromatic carbocycles. The number of aliphatic hydroxyl groups is 1. The third-order valence-corrected chi connectivity index (χ3v) is 7.33. The summed E-state index contributed by atoms with van der Waals surface area (Å²) in [7, 11) is 0. The Bertz CT molecular complexity index is 914. The van der Waals surface area contributed by atoms with E-state index in [4.69, 9.17) is 15.9 Å². The van der Waals surface area contributed by atoms with Crippen LogP contribution in [0.5, 0.6) is 0 Å².